The summed E-state index contributed by atoms with van der Waals surface area (Å²) in [6.45, 7) is 1.80. The quantitative estimate of drug-likeness (QED) is 0.175. The van der Waals surface area contributed by atoms with Gasteiger partial charge >= 0.3 is 0 Å². The number of thiophene rings is 1. The summed E-state index contributed by atoms with van der Waals surface area (Å²) in [6.07, 6.45) is 2.02. The summed E-state index contributed by atoms with van der Waals surface area (Å²) >= 11 is 1.21. The van der Waals surface area contributed by atoms with Gasteiger partial charge in [0.15, 0.2) is 5.78 Å². The van der Waals surface area contributed by atoms with Gasteiger partial charge in [-0.1, -0.05) is 30.3 Å². The summed E-state index contributed by atoms with van der Waals surface area (Å²) in [6, 6.07) is 17.0. The van der Waals surface area contributed by atoms with Crippen LogP contribution in [0.25, 0.3) is 10.1 Å². The molecule has 0 aliphatic heterocycles. The van der Waals surface area contributed by atoms with Crippen molar-refractivity contribution in [1.82, 2.24) is 10.6 Å². The van der Waals surface area contributed by atoms with Crippen LogP contribution in [-0.4, -0.2) is 36.2 Å². The Morgan fingerprint density at radius 3 is 2.40 bits per heavy atom. The third kappa shape index (κ3) is 4.94. The van der Waals surface area contributed by atoms with Gasteiger partial charge in [0.1, 0.15) is 17.0 Å². The molecule has 6 rings (SSSR count). The molecule has 1 aromatic heterocycles. The van der Waals surface area contributed by atoms with Crippen molar-refractivity contribution < 1.29 is 19.1 Å². The first-order valence-corrected chi connectivity index (χ1v) is 15.0. The van der Waals surface area contributed by atoms with Crippen LogP contribution in [0.15, 0.2) is 60.7 Å². The van der Waals surface area contributed by atoms with Crippen molar-refractivity contribution in [2.24, 2.45) is 17.2 Å². The lowest BCUT2D eigenvalue weighted by Crippen LogP contribution is -2.53. The molecule has 4 aromatic rings. The highest BCUT2D eigenvalue weighted by atomic mass is 32.1. The van der Waals surface area contributed by atoms with Gasteiger partial charge in [0, 0.05) is 28.7 Å². The monoisotopic (exact) mass is 598 g/mol. The molecule has 0 spiro atoms. The Hall–Kier alpha value is -4.29. The van der Waals surface area contributed by atoms with Crippen LogP contribution in [-0.2, 0) is 15.1 Å². The Kier molecular flexibility index (Phi) is 7.43. The second kappa shape index (κ2) is 11.1. The number of nitrogens with two attached hydrogens (primary N) is 4. The number of hydrogen-bond acceptors (Lipinski definition) is 9. The van der Waals surface area contributed by atoms with E-state index in [2.05, 4.69) is 10.6 Å². The average Bonchev–Trinajstić information content (AvgIpc) is 3.61. The number of ketones is 1. The summed E-state index contributed by atoms with van der Waals surface area (Å²) in [7, 11) is 0. The first-order valence-electron chi connectivity index (χ1n) is 14.2. The lowest BCUT2D eigenvalue weighted by atomic mass is 9.69. The Labute approximate surface area is 252 Å². The topological polar surface area (TPSA) is 189 Å². The SMILES string of the molecule is Cc1cc(Oc2ccccc2)ccc1C1(N)C(=O)C(N)c2c(C(=O)N[C@H]3CC[C@@H](NC(=O)CN)C3)sc3c(N)ccc1c23. The Bertz CT molecular complexity index is 1760. The molecule has 10 N–H and O–H groups in total. The summed E-state index contributed by atoms with van der Waals surface area (Å²) in [5.74, 6) is 0.332. The maximum Gasteiger partial charge on any atom is 0.261 e. The van der Waals surface area contributed by atoms with Crippen molar-refractivity contribution in [3.8, 4) is 11.5 Å². The van der Waals surface area contributed by atoms with E-state index in [1.54, 1.807) is 24.3 Å². The number of amides is 2. The Morgan fingerprint density at radius 1 is 1.00 bits per heavy atom. The van der Waals surface area contributed by atoms with Crippen molar-refractivity contribution in [2.75, 3.05) is 12.3 Å². The molecule has 11 heteroatoms. The lowest BCUT2D eigenvalue weighted by Gasteiger charge is -2.37. The number of hydrogen-bond donors (Lipinski definition) is 6. The molecule has 1 heterocycles. The van der Waals surface area contributed by atoms with Crippen LogP contribution in [0, 0.1) is 6.92 Å². The fourth-order valence-electron chi connectivity index (χ4n) is 6.38. The van der Waals surface area contributed by atoms with Crippen LogP contribution in [0.5, 0.6) is 11.5 Å². The van der Waals surface area contributed by atoms with Gasteiger partial charge in [-0.2, -0.15) is 0 Å². The van der Waals surface area contributed by atoms with E-state index in [1.165, 1.54) is 11.3 Å². The number of rotatable bonds is 7. The van der Waals surface area contributed by atoms with Gasteiger partial charge in [0.2, 0.25) is 5.91 Å². The number of para-hydroxylation sites is 1. The van der Waals surface area contributed by atoms with E-state index in [4.69, 9.17) is 27.7 Å². The smallest absolute Gasteiger partial charge is 0.261 e. The number of benzene rings is 3. The van der Waals surface area contributed by atoms with Gasteiger partial charge < -0.3 is 38.3 Å². The van der Waals surface area contributed by atoms with E-state index < -0.39 is 17.4 Å². The zero-order valence-electron chi connectivity index (χ0n) is 23.7. The highest BCUT2D eigenvalue weighted by Crippen LogP contribution is 2.50. The molecule has 1 saturated carbocycles. The number of Topliss-reactive ketones (excluding diaryl/α,β-unsaturated/α-hetero) is 1. The zero-order chi connectivity index (χ0) is 30.5. The predicted molar refractivity (Wildman–Crippen MR) is 167 cm³/mol. The van der Waals surface area contributed by atoms with Crippen molar-refractivity contribution >= 4 is 44.7 Å². The van der Waals surface area contributed by atoms with Crippen molar-refractivity contribution in [2.45, 2.75) is 49.9 Å². The van der Waals surface area contributed by atoms with Gasteiger partial charge in [-0.3, -0.25) is 14.4 Å². The van der Waals surface area contributed by atoms with Crippen LogP contribution in [0.3, 0.4) is 0 Å². The fourth-order valence-corrected chi connectivity index (χ4v) is 7.58. The van der Waals surface area contributed by atoms with E-state index in [0.717, 1.165) is 12.0 Å². The minimum absolute atomic E-state index is 0.0567. The van der Waals surface area contributed by atoms with Gasteiger partial charge in [0.25, 0.3) is 5.91 Å². The van der Waals surface area contributed by atoms with Gasteiger partial charge in [-0.15, -0.1) is 11.3 Å². The maximum absolute atomic E-state index is 14.2. The molecular formula is C32H34N6O4S. The number of nitrogen functional groups attached to an aromatic ring is 1. The van der Waals surface area contributed by atoms with Crippen LogP contribution in [0.4, 0.5) is 5.69 Å². The molecule has 0 bridgehead atoms. The molecule has 3 aromatic carbocycles. The van der Waals surface area contributed by atoms with Crippen LogP contribution in [0.1, 0.15) is 57.2 Å². The fraction of sp³-hybridized carbons (Fsp3) is 0.281. The van der Waals surface area contributed by atoms with Crippen LogP contribution < -0.4 is 38.3 Å². The molecule has 0 radical (unpaired) electrons. The highest BCUT2D eigenvalue weighted by Gasteiger charge is 2.49. The number of aryl methyl sites for hydroxylation is 1. The van der Waals surface area contributed by atoms with Gasteiger partial charge in [0.05, 0.1) is 22.2 Å². The van der Waals surface area contributed by atoms with Crippen molar-refractivity contribution in [3.63, 3.8) is 0 Å². The van der Waals surface area contributed by atoms with E-state index in [0.29, 0.717) is 61.7 Å². The van der Waals surface area contributed by atoms with E-state index in [9.17, 15) is 14.4 Å². The number of carbonyl (C=O) groups excluding carboxylic acids is 3. The predicted octanol–water partition coefficient (Wildman–Crippen LogP) is 3.09. The number of carbonyl (C=O) groups is 3. The zero-order valence-corrected chi connectivity index (χ0v) is 24.5. The average molecular weight is 599 g/mol. The van der Waals surface area contributed by atoms with Gasteiger partial charge in [-0.05, 0) is 73.2 Å². The molecule has 0 saturated heterocycles. The maximum atomic E-state index is 14.2. The Balaban J connectivity index is 1.36. The minimum atomic E-state index is -1.57. The second-order valence-electron chi connectivity index (χ2n) is 11.2. The first-order chi connectivity index (χ1) is 20.6. The molecule has 222 valence electrons. The number of ether oxygens (including phenoxy) is 1. The Morgan fingerprint density at radius 2 is 1.70 bits per heavy atom. The molecule has 2 aliphatic carbocycles. The highest BCUT2D eigenvalue weighted by molar-refractivity contribution is 7.21. The van der Waals surface area contributed by atoms with E-state index in [-0.39, 0.29) is 30.4 Å². The molecule has 43 heavy (non-hydrogen) atoms. The van der Waals surface area contributed by atoms with E-state index >= 15 is 0 Å². The minimum Gasteiger partial charge on any atom is -0.457 e. The number of nitrogens with one attached hydrogen (secondary N) is 2. The van der Waals surface area contributed by atoms with Crippen molar-refractivity contribution in [1.29, 1.82) is 0 Å². The van der Waals surface area contributed by atoms with E-state index in [1.807, 2.05) is 43.3 Å². The molecule has 4 atom stereocenters. The van der Waals surface area contributed by atoms with Gasteiger partial charge in [-0.25, -0.2) is 0 Å². The lowest BCUT2D eigenvalue weighted by molar-refractivity contribution is -0.124. The first kappa shape index (κ1) is 28.8. The van der Waals surface area contributed by atoms with Crippen molar-refractivity contribution in [3.05, 3.63) is 87.8 Å². The normalized spacial score (nSPS) is 22.9. The molecule has 2 aliphatic rings. The number of anilines is 1. The second-order valence-corrected chi connectivity index (χ2v) is 12.3. The summed E-state index contributed by atoms with van der Waals surface area (Å²) in [5, 5.41) is 6.60. The molecule has 10 nitrogen and oxygen atoms in total. The summed E-state index contributed by atoms with van der Waals surface area (Å²) < 4.78 is 6.65. The summed E-state index contributed by atoms with van der Waals surface area (Å²) in [4.78, 5) is 39.9. The third-order valence-corrected chi connectivity index (χ3v) is 9.69. The van der Waals surface area contributed by atoms with Crippen LogP contribution >= 0.6 is 11.3 Å². The van der Waals surface area contributed by atoms with Crippen LogP contribution in [0.2, 0.25) is 0 Å². The summed E-state index contributed by atoms with van der Waals surface area (Å²) in [5.41, 5.74) is 26.8. The molecule has 2 amide bonds. The third-order valence-electron chi connectivity index (χ3n) is 8.44. The largest absolute Gasteiger partial charge is 0.457 e. The molecular weight excluding hydrogens is 564 g/mol. The molecule has 1 fully saturated rings. The molecule has 2 unspecified atom stereocenters. The standard InChI is InChI=1S/C32H34N6O4S/c1-16-13-20(42-19-5-3-2-4-6-19)9-10-21(16)32(36)22-11-12-23(34)28-25(22)26(27(35)30(32)40)29(43-28)31(41)38-18-8-7-17(14-18)37-24(39)15-33/h2-6,9-13,17-18,27H,7-8,14-15,33-36H2,1H3,(H,37,39)(H,38,41)/t17-,18+,27?,32?/m1/s1.